The molecule has 1 N–H and O–H groups in total. The molecule has 4 heterocycles. The lowest BCUT2D eigenvalue weighted by Gasteiger charge is -2.27. The van der Waals surface area contributed by atoms with E-state index in [1.165, 1.54) is 0 Å². The van der Waals surface area contributed by atoms with E-state index in [4.69, 9.17) is 9.15 Å². The number of ether oxygens (including phenoxy) is 1. The highest BCUT2D eigenvalue weighted by Gasteiger charge is 2.46. The van der Waals surface area contributed by atoms with E-state index >= 15 is 0 Å². The lowest BCUT2D eigenvalue weighted by atomic mass is 10.0. The molecule has 3 saturated heterocycles. The van der Waals surface area contributed by atoms with Crippen molar-refractivity contribution in [1.82, 2.24) is 25.1 Å². The summed E-state index contributed by atoms with van der Waals surface area (Å²) in [5, 5.41) is 18.9. The van der Waals surface area contributed by atoms with Gasteiger partial charge in [0.25, 0.3) is 0 Å². The molecular weight excluding hydrogens is 366 g/mol. The number of fused-ring (bicyclic) bond motifs is 2. The molecule has 3 fully saturated rings. The fourth-order valence-corrected chi connectivity index (χ4v) is 4.13. The molecule has 4 rings (SSSR count). The zero-order valence-corrected chi connectivity index (χ0v) is 16.5. The molecule has 1 aromatic rings. The average molecular weight is 393 g/mol. The number of carbonyl (C=O) groups excluding carboxylic acids is 2. The molecule has 154 valence electrons. The summed E-state index contributed by atoms with van der Waals surface area (Å²) in [7, 11) is 0. The van der Waals surface area contributed by atoms with E-state index in [-0.39, 0.29) is 24.1 Å². The molecule has 10 heteroatoms. The predicted molar refractivity (Wildman–Crippen MR) is 95.4 cm³/mol. The number of piperidine rings is 1. The van der Waals surface area contributed by atoms with Crippen LogP contribution in [-0.4, -0.2) is 73.7 Å². The molecule has 0 aromatic carbocycles. The molecule has 3 aliphatic heterocycles. The molecule has 0 saturated carbocycles. The van der Waals surface area contributed by atoms with Crippen molar-refractivity contribution in [2.24, 2.45) is 5.92 Å². The molecule has 2 bridgehead atoms. The molecule has 3 aliphatic rings. The van der Waals surface area contributed by atoms with Crippen LogP contribution in [0.3, 0.4) is 0 Å². The molecule has 28 heavy (non-hydrogen) atoms. The van der Waals surface area contributed by atoms with Gasteiger partial charge in [0, 0.05) is 26.1 Å². The average Bonchev–Trinajstić information content (AvgIpc) is 3.32. The number of likely N-dealkylation sites (tertiary alicyclic amines) is 1. The number of hydrogen-bond acceptors (Lipinski definition) is 7. The minimum atomic E-state index is -0.507. The van der Waals surface area contributed by atoms with E-state index in [0.29, 0.717) is 50.7 Å². The van der Waals surface area contributed by atoms with Gasteiger partial charge in [0.05, 0.1) is 6.04 Å². The van der Waals surface area contributed by atoms with Gasteiger partial charge in [-0.25, -0.2) is 14.7 Å². The van der Waals surface area contributed by atoms with Crippen molar-refractivity contribution in [2.45, 2.75) is 64.1 Å². The van der Waals surface area contributed by atoms with E-state index in [1.807, 2.05) is 20.8 Å². The third kappa shape index (κ3) is 3.65. The van der Waals surface area contributed by atoms with Gasteiger partial charge in [-0.1, -0.05) is 0 Å². The van der Waals surface area contributed by atoms with Gasteiger partial charge in [-0.2, -0.15) is 0 Å². The number of amides is 3. The summed E-state index contributed by atoms with van der Waals surface area (Å²) in [5.74, 6) is 1.16. The van der Waals surface area contributed by atoms with Crippen LogP contribution in [0.2, 0.25) is 0 Å². The summed E-state index contributed by atoms with van der Waals surface area (Å²) in [4.78, 5) is 27.6. The Morgan fingerprint density at radius 2 is 2.04 bits per heavy atom. The quantitative estimate of drug-likeness (QED) is 0.783. The van der Waals surface area contributed by atoms with E-state index in [9.17, 15) is 14.8 Å². The largest absolute Gasteiger partial charge is 0.444 e. The van der Waals surface area contributed by atoms with E-state index in [1.54, 1.807) is 9.80 Å². The molecule has 1 aromatic heterocycles. The Labute approximate surface area is 163 Å². The number of aromatic nitrogens is 2. The van der Waals surface area contributed by atoms with Gasteiger partial charge in [-0.3, -0.25) is 5.21 Å². The number of urea groups is 1. The normalized spacial score (nSPS) is 27.6. The maximum absolute atomic E-state index is 12.2. The molecule has 3 atom stereocenters. The van der Waals surface area contributed by atoms with Crippen LogP contribution in [0.4, 0.5) is 9.59 Å². The Morgan fingerprint density at radius 3 is 2.79 bits per heavy atom. The van der Waals surface area contributed by atoms with Gasteiger partial charge < -0.3 is 19.0 Å². The highest BCUT2D eigenvalue weighted by molar-refractivity contribution is 5.76. The van der Waals surface area contributed by atoms with Gasteiger partial charge in [-0.15, -0.1) is 10.2 Å². The van der Waals surface area contributed by atoms with Crippen LogP contribution in [0.15, 0.2) is 4.42 Å². The summed E-state index contributed by atoms with van der Waals surface area (Å²) >= 11 is 0. The van der Waals surface area contributed by atoms with Crippen LogP contribution in [0.5, 0.6) is 0 Å². The smallest absolute Gasteiger partial charge is 0.410 e. The minimum Gasteiger partial charge on any atom is -0.444 e. The third-order valence-electron chi connectivity index (χ3n) is 5.51. The zero-order valence-electron chi connectivity index (χ0n) is 16.5. The highest BCUT2D eigenvalue weighted by atomic mass is 16.6. The fourth-order valence-electron chi connectivity index (χ4n) is 4.13. The minimum absolute atomic E-state index is 0.150. The third-order valence-corrected chi connectivity index (χ3v) is 5.51. The molecule has 3 amide bonds. The first kappa shape index (κ1) is 19.0. The maximum Gasteiger partial charge on any atom is 0.410 e. The summed E-state index contributed by atoms with van der Waals surface area (Å²) in [6.07, 6.45) is 2.53. The lowest BCUT2D eigenvalue weighted by molar-refractivity contribution is -0.0584. The second-order valence-corrected chi connectivity index (χ2v) is 8.85. The van der Waals surface area contributed by atoms with Crippen molar-refractivity contribution in [2.75, 3.05) is 19.6 Å². The second-order valence-electron chi connectivity index (χ2n) is 8.85. The fraction of sp³-hybridized carbons (Fsp3) is 0.778. The van der Waals surface area contributed by atoms with Crippen LogP contribution in [-0.2, 0) is 11.2 Å². The maximum atomic E-state index is 12.2. The van der Waals surface area contributed by atoms with Crippen LogP contribution in [0.25, 0.3) is 0 Å². The first-order valence-corrected chi connectivity index (χ1v) is 9.80. The molecule has 0 aliphatic carbocycles. The Balaban J connectivity index is 1.35. The monoisotopic (exact) mass is 393 g/mol. The van der Waals surface area contributed by atoms with Crippen molar-refractivity contribution in [3.8, 4) is 0 Å². The van der Waals surface area contributed by atoms with Crippen molar-refractivity contribution in [1.29, 1.82) is 0 Å². The number of nitrogens with zero attached hydrogens (tertiary/aromatic N) is 5. The summed E-state index contributed by atoms with van der Waals surface area (Å²) < 4.78 is 11.3. The van der Waals surface area contributed by atoms with Crippen LogP contribution < -0.4 is 0 Å². The van der Waals surface area contributed by atoms with Gasteiger partial charge >= 0.3 is 12.1 Å². The Hall–Kier alpha value is -2.36. The SMILES string of the molecule is CC(C)(C)OC(=O)N1CCC(Cc2nnc([C@@H]3CC[C@@H]4CN3C(=O)N4O)o2)C1. The molecular formula is C18H27N5O5. The Kier molecular flexibility index (Phi) is 4.68. The number of hydroxylamine groups is 2. The first-order valence-electron chi connectivity index (χ1n) is 9.80. The van der Waals surface area contributed by atoms with Crippen molar-refractivity contribution in [3.63, 3.8) is 0 Å². The topological polar surface area (TPSA) is 112 Å². The second kappa shape index (κ2) is 6.91. The standard InChI is InChI=1S/C18H27N5O5/c1-18(2,3)28-17(25)21-7-6-11(9-21)8-14-19-20-15(27-14)13-5-4-12-10-22(13)16(24)23(12)26/h11-13,26H,4-10H2,1-3H3/t11?,12-,13+/m1/s1. The summed E-state index contributed by atoms with van der Waals surface area (Å²) in [6, 6.07) is -0.844. The molecule has 10 nitrogen and oxygen atoms in total. The van der Waals surface area contributed by atoms with E-state index in [0.717, 1.165) is 11.5 Å². The van der Waals surface area contributed by atoms with Crippen molar-refractivity contribution >= 4 is 12.1 Å². The van der Waals surface area contributed by atoms with Gasteiger partial charge in [-0.05, 0) is 46.0 Å². The molecule has 0 spiro atoms. The van der Waals surface area contributed by atoms with Crippen LogP contribution in [0.1, 0.15) is 57.9 Å². The Morgan fingerprint density at radius 1 is 1.25 bits per heavy atom. The Bertz CT molecular complexity index is 760. The predicted octanol–water partition coefficient (Wildman–Crippen LogP) is 2.20. The van der Waals surface area contributed by atoms with E-state index < -0.39 is 11.6 Å². The molecule has 1 unspecified atom stereocenters. The van der Waals surface area contributed by atoms with Gasteiger partial charge in [0.2, 0.25) is 11.8 Å². The van der Waals surface area contributed by atoms with Gasteiger partial charge in [0.1, 0.15) is 11.6 Å². The lowest BCUT2D eigenvalue weighted by Crippen LogP contribution is -2.35. The molecule has 0 radical (unpaired) electrons. The zero-order chi connectivity index (χ0) is 20.1. The van der Waals surface area contributed by atoms with Crippen molar-refractivity contribution in [3.05, 3.63) is 11.8 Å². The first-order chi connectivity index (χ1) is 13.2. The van der Waals surface area contributed by atoms with Crippen LogP contribution >= 0.6 is 0 Å². The summed E-state index contributed by atoms with van der Waals surface area (Å²) in [5.41, 5.74) is -0.507. The highest BCUT2D eigenvalue weighted by Crippen LogP contribution is 2.37. The van der Waals surface area contributed by atoms with E-state index in [2.05, 4.69) is 10.2 Å². The number of carbonyl (C=O) groups is 2. The number of hydrogen-bond donors (Lipinski definition) is 1. The van der Waals surface area contributed by atoms with Gasteiger partial charge in [0.15, 0.2) is 0 Å². The number of rotatable bonds is 3. The summed E-state index contributed by atoms with van der Waals surface area (Å²) in [6.45, 7) is 7.29. The van der Waals surface area contributed by atoms with Crippen molar-refractivity contribution < 1.29 is 24.0 Å². The van der Waals surface area contributed by atoms with Crippen LogP contribution in [0, 0.1) is 5.92 Å².